The van der Waals surface area contributed by atoms with Crippen molar-refractivity contribution in [1.82, 2.24) is 14.5 Å². The van der Waals surface area contributed by atoms with E-state index in [2.05, 4.69) is 114 Å². The Morgan fingerprint density at radius 3 is 2.11 bits per heavy atom. The van der Waals surface area contributed by atoms with Gasteiger partial charge in [0.2, 0.25) is 5.95 Å². The van der Waals surface area contributed by atoms with Crippen molar-refractivity contribution in [3.05, 3.63) is 127 Å². The van der Waals surface area contributed by atoms with Crippen LogP contribution in [-0.4, -0.2) is 14.5 Å². The monoisotopic (exact) mass is 623 g/mol. The maximum atomic E-state index is 6.58. The molecule has 4 nitrogen and oxygen atoms in total. The van der Waals surface area contributed by atoms with Gasteiger partial charge in [0.05, 0.1) is 11.0 Å². The minimum absolute atomic E-state index is 0.636. The second-order valence-corrected chi connectivity index (χ2v) is 13.8. The molecule has 0 amide bonds. The molecule has 0 atom stereocenters. The second kappa shape index (κ2) is 9.01. The molecule has 11 aromatic rings. The Morgan fingerprint density at radius 1 is 0.500 bits per heavy atom. The Kier molecular flexibility index (Phi) is 4.84. The summed E-state index contributed by atoms with van der Waals surface area (Å²) in [5.41, 5.74) is 6.37. The smallest absolute Gasteiger partial charge is 0.236 e. The number of aromatic nitrogens is 3. The minimum Gasteiger partial charge on any atom is -0.452 e. The van der Waals surface area contributed by atoms with Gasteiger partial charge in [-0.05, 0) is 42.5 Å². The Labute approximate surface area is 269 Å². The Bertz CT molecular complexity index is 3050. The summed E-state index contributed by atoms with van der Waals surface area (Å²) in [6, 6.07) is 45.1. The molecule has 0 radical (unpaired) electrons. The highest BCUT2D eigenvalue weighted by Gasteiger charge is 2.24. The van der Waals surface area contributed by atoms with Crippen molar-refractivity contribution in [2.45, 2.75) is 0 Å². The molecule has 11 rings (SSSR count). The molecule has 0 N–H and O–H groups in total. The maximum absolute atomic E-state index is 6.58. The molecule has 0 fully saturated rings. The molecule has 46 heavy (non-hydrogen) atoms. The molecule has 0 saturated carbocycles. The van der Waals surface area contributed by atoms with Gasteiger partial charge in [0.15, 0.2) is 5.58 Å². The summed E-state index contributed by atoms with van der Waals surface area (Å²) >= 11 is 3.65. The van der Waals surface area contributed by atoms with Crippen LogP contribution in [0.25, 0.3) is 101 Å². The number of thiophene rings is 2. The number of hydrogen-bond acceptors (Lipinski definition) is 5. The topological polar surface area (TPSA) is 43.9 Å². The highest BCUT2D eigenvalue weighted by Crippen LogP contribution is 2.45. The summed E-state index contributed by atoms with van der Waals surface area (Å²) in [4.78, 5) is 10.7. The number of benzene rings is 6. The predicted octanol–water partition coefficient (Wildman–Crippen LogP) is 11.9. The van der Waals surface area contributed by atoms with Gasteiger partial charge < -0.3 is 4.42 Å². The molecule has 0 unspecified atom stereocenters. The van der Waals surface area contributed by atoms with E-state index < -0.39 is 0 Å². The van der Waals surface area contributed by atoms with E-state index in [-0.39, 0.29) is 0 Å². The third kappa shape index (κ3) is 3.22. The molecule has 0 aliphatic carbocycles. The van der Waals surface area contributed by atoms with Crippen molar-refractivity contribution in [3.63, 3.8) is 0 Å². The predicted molar refractivity (Wildman–Crippen MR) is 195 cm³/mol. The third-order valence-corrected chi connectivity index (χ3v) is 11.6. The Balaban J connectivity index is 1.31. The van der Waals surface area contributed by atoms with Gasteiger partial charge in [0.1, 0.15) is 16.8 Å². The zero-order valence-electron chi connectivity index (χ0n) is 24.2. The van der Waals surface area contributed by atoms with Crippen molar-refractivity contribution in [2.75, 3.05) is 0 Å². The van der Waals surface area contributed by atoms with Gasteiger partial charge in [-0.15, -0.1) is 22.7 Å². The SMILES string of the molecule is c1ccc2c(c1)oc1c(-c3cccc4c3sc3ccccc34)nc(-n3c4ccccc4c4c5c(ccc43)sc3ccccc35)nc12. The van der Waals surface area contributed by atoms with Crippen LogP contribution in [0.15, 0.2) is 132 Å². The highest BCUT2D eigenvalue weighted by atomic mass is 32.1. The first kappa shape index (κ1) is 24.7. The first-order valence-corrected chi connectivity index (χ1v) is 16.9. The van der Waals surface area contributed by atoms with Gasteiger partial charge in [-0.1, -0.05) is 84.9 Å². The van der Waals surface area contributed by atoms with Gasteiger partial charge in [-0.3, -0.25) is 4.57 Å². The van der Waals surface area contributed by atoms with Crippen LogP contribution in [-0.2, 0) is 0 Å². The molecule has 0 aliphatic rings. The van der Waals surface area contributed by atoms with E-state index in [0.717, 1.165) is 38.8 Å². The lowest BCUT2D eigenvalue weighted by atomic mass is 10.1. The molecule has 214 valence electrons. The minimum atomic E-state index is 0.636. The van der Waals surface area contributed by atoms with Crippen LogP contribution in [0.4, 0.5) is 0 Å². The van der Waals surface area contributed by atoms with Crippen LogP contribution < -0.4 is 0 Å². The average molecular weight is 624 g/mol. The third-order valence-electron chi connectivity index (χ3n) is 9.24. The molecule has 5 aromatic heterocycles. The van der Waals surface area contributed by atoms with Crippen molar-refractivity contribution in [2.24, 2.45) is 0 Å². The van der Waals surface area contributed by atoms with E-state index >= 15 is 0 Å². The van der Waals surface area contributed by atoms with Gasteiger partial charge in [-0.2, -0.15) is 0 Å². The summed E-state index contributed by atoms with van der Waals surface area (Å²) in [6.07, 6.45) is 0. The van der Waals surface area contributed by atoms with Crippen LogP contribution in [0.1, 0.15) is 0 Å². The van der Waals surface area contributed by atoms with Crippen molar-refractivity contribution in [3.8, 4) is 17.2 Å². The van der Waals surface area contributed by atoms with E-state index in [1.165, 1.54) is 51.1 Å². The largest absolute Gasteiger partial charge is 0.452 e. The van der Waals surface area contributed by atoms with Crippen LogP contribution >= 0.6 is 22.7 Å². The van der Waals surface area contributed by atoms with Crippen molar-refractivity contribution in [1.29, 1.82) is 0 Å². The molecule has 6 heteroatoms. The lowest BCUT2D eigenvalue weighted by Crippen LogP contribution is -2.02. The zero-order chi connectivity index (χ0) is 29.9. The molecule has 6 aromatic carbocycles. The number of rotatable bonds is 2. The second-order valence-electron chi connectivity index (χ2n) is 11.7. The fourth-order valence-electron chi connectivity index (χ4n) is 7.29. The van der Waals surface area contributed by atoms with Crippen LogP contribution in [0.2, 0.25) is 0 Å². The number of fused-ring (bicyclic) bond motifs is 13. The fraction of sp³-hybridized carbons (Fsp3) is 0. The van der Waals surface area contributed by atoms with Crippen LogP contribution in [0, 0.1) is 0 Å². The van der Waals surface area contributed by atoms with Crippen molar-refractivity contribution >= 4 is 107 Å². The normalized spacial score (nSPS) is 12.3. The number of furan rings is 1. The standard InChI is InChI=1S/C40H21N3OS2/c1-5-16-28-24(11-1)34-29(20-21-33-35(34)26-13-4-8-19-32(26)45-33)43(28)40-41-36-25-12-2-6-17-30(25)44-38(36)37(42-40)27-15-9-14-23-22-10-3-7-18-31(22)46-39(23)27/h1-21H. The molecule has 0 bridgehead atoms. The number of nitrogens with zero attached hydrogens (tertiary/aromatic N) is 3. The molecule has 0 saturated heterocycles. The van der Waals surface area contributed by atoms with E-state index in [1.54, 1.807) is 11.3 Å². The summed E-state index contributed by atoms with van der Waals surface area (Å²) in [5.74, 6) is 0.636. The van der Waals surface area contributed by atoms with E-state index in [1.807, 2.05) is 29.5 Å². The van der Waals surface area contributed by atoms with Gasteiger partial charge in [-0.25, -0.2) is 9.97 Å². The first-order valence-electron chi connectivity index (χ1n) is 15.3. The quantitative estimate of drug-likeness (QED) is 0.192. The van der Waals surface area contributed by atoms with Gasteiger partial charge in [0, 0.05) is 62.1 Å². The summed E-state index contributed by atoms with van der Waals surface area (Å²) in [6.45, 7) is 0. The average Bonchev–Trinajstić information content (AvgIpc) is 3.86. The molecular weight excluding hydrogens is 603 g/mol. The highest BCUT2D eigenvalue weighted by molar-refractivity contribution is 7.26. The first-order chi connectivity index (χ1) is 22.8. The van der Waals surface area contributed by atoms with Crippen molar-refractivity contribution < 1.29 is 4.42 Å². The Hall–Kier alpha value is -5.56. The van der Waals surface area contributed by atoms with E-state index in [9.17, 15) is 0 Å². The fourth-order valence-corrected chi connectivity index (χ4v) is 9.62. The molecule has 5 heterocycles. The molecular formula is C40H21N3OS2. The van der Waals surface area contributed by atoms with E-state index in [0.29, 0.717) is 11.5 Å². The number of hydrogen-bond donors (Lipinski definition) is 0. The summed E-state index contributed by atoms with van der Waals surface area (Å²) in [5, 5.41) is 8.47. The zero-order valence-corrected chi connectivity index (χ0v) is 25.8. The molecule has 0 spiro atoms. The molecule has 0 aliphatic heterocycles. The van der Waals surface area contributed by atoms with Crippen LogP contribution in [0.5, 0.6) is 0 Å². The lowest BCUT2D eigenvalue weighted by Gasteiger charge is -2.10. The van der Waals surface area contributed by atoms with Crippen LogP contribution in [0.3, 0.4) is 0 Å². The summed E-state index contributed by atoms with van der Waals surface area (Å²) in [7, 11) is 0. The maximum Gasteiger partial charge on any atom is 0.236 e. The van der Waals surface area contributed by atoms with E-state index in [4.69, 9.17) is 14.4 Å². The summed E-state index contributed by atoms with van der Waals surface area (Å²) < 4.78 is 13.9. The Morgan fingerprint density at radius 2 is 1.22 bits per heavy atom. The van der Waals surface area contributed by atoms with Gasteiger partial charge in [0.25, 0.3) is 0 Å². The lowest BCUT2D eigenvalue weighted by molar-refractivity contribution is 0.666. The number of para-hydroxylation sites is 2. The van der Waals surface area contributed by atoms with Gasteiger partial charge >= 0.3 is 0 Å².